The van der Waals surface area contributed by atoms with E-state index in [0.29, 0.717) is 0 Å². The second-order valence-electron chi connectivity index (χ2n) is 4.66. The monoisotopic (exact) mass is 212 g/mol. The molecule has 0 aromatic carbocycles. The molecule has 0 aliphatic carbocycles. The predicted molar refractivity (Wildman–Crippen MR) is 54.1 cm³/mol. The Morgan fingerprint density at radius 1 is 1.53 bits per heavy atom. The van der Waals surface area contributed by atoms with Crippen LogP contribution in [0.5, 0.6) is 0 Å². The number of hydrogen-bond donors (Lipinski definition) is 0. The van der Waals surface area contributed by atoms with Crippen molar-refractivity contribution in [3.63, 3.8) is 0 Å². The SMILES string of the molecule is CC1=CC(=O)O[C@@H]1COC(=O)C(C)(C)C. The van der Waals surface area contributed by atoms with Crippen molar-refractivity contribution in [2.24, 2.45) is 5.41 Å². The first-order chi connectivity index (χ1) is 6.80. The molecule has 4 nitrogen and oxygen atoms in total. The summed E-state index contributed by atoms with van der Waals surface area (Å²) in [4.78, 5) is 22.3. The van der Waals surface area contributed by atoms with Crippen LogP contribution in [-0.2, 0) is 19.1 Å². The highest BCUT2D eigenvalue weighted by Crippen LogP contribution is 2.19. The molecule has 0 spiro atoms. The minimum atomic E-state index is -0.528. The van der Waals surface area contributed by atoms with Crippen molar-refractivity contribution < 1.29 is 19.1 Å². The first-order valence-electron chi connectivity index (χ1n) is 4.87. The summed E-state index contributed by atoms with van der Waals surface area (Å²) in [5.41, 5.74) is 0.266. The molecule has 0 fully saturated rings. The van der Waals surface area contributed by atoms with E-state index in [-0.39, 0.29) is 18.5 Å². The van der Waals surface area contributed by atoms with E-state index in [0.717, 1.165) is 5.57 Å². The van der Waals surface area contributed by atoms with Gasteiger partial charge in [0.1, 0.15) is 6.61 Å². The van der Waals surface area contributed by atoms with Crippen LogP contribution < -0.4 is 0 Å². The van der Waals surface area contributed by atoms with Crippen molar-refractivity contribution in [3.8, 4) is 0 Å². The van der Waals surface area contributed by atoms with Crippen molar-refractivity contribution in [1.29, 1.82) is 0 Å². The van der Waals surface area contributed by atoms with Gasteiger partial charge in [-0.1, -0.05) is 0 Å². The Bertz CT molecular complexity index is 309. The quantitative estimate of drug-likeness (QED) is 0.650. The molecule has 0 amide bonds. The maximum Gasteiger partial charge on any atom is 0.331 e. The molecular weight excluding hydrogens is 196 g/mol. The van der Waals surface area contributed by atoms with Gasteiger partial charge in [0.25, 0.3) is 0 Å². The third-order valence-electron chi connectivity index (χ3n) is 2.09. The lowest BCUT2D eigenvalue weighted by Gasteiger charge is -2.18. The Hall–Kier alpha value is -1.32. The van der Waals surface area contributed by atoms with Gasteiger partial charge in [-0.05, 0) is 33.3 Å². The number of ether oxygens (including phenoxy) is 2. The molecule has 0 saturated heterocycles. The fourth-order valence-corrected chi connectivity index (χ4v) is 1.08. The molecule has 1 atom stereocenters. The van der Waals surface area contributed by atoms with Crippen molar-refractivity contribution in [3.05, 3.63) is 11.6 Å². The lowest BCUT2D eigenvalue weighted by molar-refractivity contribution is -0.158. The Morgan fingerprint density at radius 2 is 2.13 bits per heavy atom. The molecular formula is C11H16O4. The van der Waals surface area contributed by atoms with Crippen molar-refractivity contribution in [2.45, 2.75) is 33.8 Å². The highest BCUT2D eigenvalue weighted by atomic mass is 16.6. The average molecular weight is 212 g/mol. The van der Waals surface area contributed by atoms with Crippen molar-refractivity contribution >= 4 is 11.9 Å². The summed E-state index contributed by atoms with van der Waals surface area (Å²) >= 11 is 0. The van der Waals surface area contributed by atoms with E-state index in [1.807, 2.05) is 0 Å². The lowest BCUT2D eigenvalue weighted by Crippen LogP contribution is -2.28. The first-order valence-corrected chi connectivity index (χ1v) is 4.87. The van der Waals surface area contributed by atoms with E-state index in [1.54, 1.807) is 27.7 Å². The molecule has 1 aliphatic heterocycles. The van der Waals surface area contributed by atoms with Gasteiger partial charge in [-0.3, -0.25) is 4.79 Å². The molecule has 0 radical (unpaired) electrons. The maximum absolute atomic E-state index is 11.4. The van der Waals surface area contributed by atoms with Gasteiger partial charge in [-0.2, -0.15) is 0 Å². The van der Waals surface area contributed by atoms with Gasteiger partial charge in [0, 0.05) is 6.08 Å². The molecule has 1 aliphatic rings. The third kappa shape index (κ3) is 3.08. The van der Waals surface area contributed by atoms with Gasteiger partial charge in [0.2, 0.25) is 0 Å². The zero-order valence-corrected chi connectivity index (χ0v) is 9.49. The van der Waals surface area contributed by atoms with Crippen LogP contribution in [0.15, 0.2) is 11.6 Å². The smallest absolute Gasteiger partial charge is 0.331 e. The van der Waals surface area contributed by atoms with Gasteiger partial charge < -0.3 is 9.47 Å². The summed E-state index contributed by atoms with van der Waals surface area (Å²) in [7, 11) is 0. The van der Waals surface area contributed by atoms with Crippen molar-refractivity contribution in [2.75, 3.05) is 6.61 Å². The van der Waals surface area contributed by atoms with Gasteiger partial charge in [-0.25, -0.2) is 4.79 Å². The zero-order valence-electron chi connectivity index (χ0n) is 9.49. The highest BCUT2D eigenvalue weighted by Gasteiger charge is 2.28. The zero-order chi connectivity index (χ0) is 11.6. The topological polar surface area (TPSA) is 52.6 Å². The average Bonchev–Trinajstić information content (AvgIpc) is 2.39. The molecule has 0 N–H and O–H groups in total. The Labute approximate surface area is 89.2 Å². The summed E-state index contributed by atoms with van der Waals surface area (Å²) in [6.07, 6.45) is 0.999. The van der Waals surface area contributed by atoms with E-state index >= 15 is 0 Å². The van der Waals surface area contributed by atoms with Crippen molar-refractivity contribution in [1.82, 2.24) is 0 Å². The van der Waals surface area contributed by atoms with Gasteiger partial charge in [0.05, 0.1) is 5.41 Å². The summed E-state index contributed by atoms with van der Waals surface area (Å²) in [6, 6.07) is 0. The van der Waals surface area contributed by atoms with Crippen LogP contribution in [0.1, 0.15) is 27.7 Å². The molecule has 0 bridgehead atoms. The van der Waals surface area contributed by atoms with E-state index in [9.17, 15) is 9.59 Å². The molecule has 0 unspecified atom stereocenters. The first kappa shape index (κ1) is 11.8. The minimum Gasteiger partial charge on any atom is -0.461 e. The normalized spacial score (nSPS) is 20.9. The molecule has 0 aromatic rings. The number of esters is 2. The summed E-state index contributed by atoms with van der Waals surface area (Å²) in [6.45, 7) is 7.21. The molecule has 0 saturated carbocycles. The molecule has 1 heterocycles. The van der Waals surface area contributed by atoms with Gasteiger partial charge in [-0.15, -0.1) is 0 Å². The van der Waals surface area contributed by atoms with Crippen LogP contribution in [0.4, 0.5) is 0 Å². The Kier molecular flexibility index (Phi) is 3.17. The fraction of sp³-hybridized carbons (Fsp3) is 0.636. The number of carbonyl (C=O) groups is 2. The van der Waals surface area contributed by atoms with E-state index in [1.165, 1.54) is 6.08 Å². The highest BCUT2D eigenvalue weighted by molar-refractivity contribution is 5.85. The third-order valence-corrected chi connectivity index (χ3v) is 2.09. The van der Waals surface area contributed by atoms with E-state index < -0.39 is 11.5 Å². The molecule has 4 heteroatoms. The number of carbonyl (C=O) groups excluding carboxylic acids is 2. The van der Waals surface area contributed by atoms with E-state index in [4.69, 9.17) is 9.47 Å². The summed E-state index contributed by atoms with van der Waals surface area (Å²) < 4.78 is 9.98. The van der Waals surface area contributed by atoms with Crippen LogP contribution in [0.3, 0.4) is 0 Å². The molecule has 1 rings (SSSR count). The standard InChI is InChI=1S/C11H16O4/c1-7-5-9(12)15-8(7)6-14-10(13)11(2,3)4/h5,8H,6H2,1-4H3/t8-/m1/s1. The summed E-state index contributed by atoms with van der Waals surface area (Å²) in [5, 5.41) is 0. The molecule has 15 heavy (non-hydrogen) atoms. The summed E-state index contributed by atoms with van der Waals surface area (Å²) in [5.74, 6) is -0.664. The Morgan fingerprint density at radius 3 is 2.53 bits per heavy atom. The second-order valence-corrected chi connectivity index (χ2v) is 4.66. The van der Waals surface area contributed by atoms with Crippen LogP contribution in [0.25, 0.3) is 0 Å². The maximum atomic E-state index is 11.4. The Balaban J connectivity index is 2.43. The second kappa shape index (κ2) is 4.04. The van der Waals surface area contributed by atoms with Gasteiger partial charge >= 0.3 is 11.9 Å². The minimum absolute atomic E-state index is 0.101. The van der Waals surface area contributed by atoms with Crippen LogP contribution in [-0.4, -0.2) is 24.6 Å². The van der Waals surface area contributed by atoms with Gasteiger partial charge in [0.15, 0.2) is 6.10 Å². The molecule has 84 valence electrons. The largest absolute Gasteiger partial charge is 0.461 e. The number of hydrogen-bond acceptors (Lipinski definition) is 4. The fourth-order valence-electron chi connectivity index (χ4n) is 1.08. The van der Waals surface area contributed by atoms with E-state index in [2.05, 4.69) is 0 Å². The van der Waals surface area contributed by atoms with Crippen LogP contribution >= 0.6 is 0 Å². The van der Waals surface area contributed by atoms with Crippen LogP contribution in [0, 0.1) is 5.41 Å². The number of rotatable bonds is 2. The van der Waals surface area contributed by atoms with Crippen LogP contribution in [0.2, 0.25) is 0 Å². The molecule has 0 aromatic heterocycles. The predicted octanol–water partition coefficient (Wildman–Crippen LogP) is 1.45. The lowest BCUT2D eigenvalue weighted by atomic mass is 9.97. The number of cyclic esters (lactones) is 1.